The van der Waals surface area contributed by atoms with Crippen molar-refractivity contribution in [2.75, 3.05) is 13.6 Å². The fourth-order valence-electron chi connectivity index (χ4n) is 1.89. The molecule has 0 bridgehead atoms. The van der Waals surface area contributed by atoms with E-state index in [1.165, 1.54) is 15.3 Å². The zero-order valence-electron chi connectivity index (χ0n) is 11.2. The number of carboxylic acid groups (broad SMARTS) is 1. The molecule has 0 saturated heterocycles. The van der Waals surface area contributed by atoms with Crippen molar-refractivity contribution in [2.45, 2.75) is 13.0 Å². The van der Waals surface area contributed by atoms with Crippen LogP contribution in [0.1, 0.15) is 11.3 Å². The van der Waals surface area contributed by atoms with Crippen LogP contribution in [-0.2, 0) is 11.3 Å². The maximum Gasteiger partial charge on any atom is 0.304 e. The number of hydrogen-bond acceptors (Lipinski definition) is 3. The lowest BCUT2D eigenvalue weighted by molar-refractivity contribution is -0.137. The molecule has 1 N–H and O–H groups in total. The van der Waals surface area contributed by atoms with Crippen molar-refractivity contribution in [1.29, 1.82) is 0 Å². The molecule has 0 aliphatic rings. The summed E-state index contributed by atoms with van der Waals surface area (Å²) in [6.45, 7) is 1.35. The maximum atomic E-state index is 10.5. The van der Waals surface area contributed by atoms with E-state index in [4.69, 9.17) is 5.11 Å². The van der Waals surface area contributed by atoms with Crippen molar-refractivity contribution in [1.82, 2.24) is 4.90 Å². The Hall–Kier alpha value is -1.17. The van der Waals surface area contributed by atoms with Gasteiger partial charge >= 0.3 is 5.97 Å². The summed E-state index contributed by atoms with van der Waals surface area (Å²) >= 11 is 5.23. The Morgan fingerprint density at radius 1 is 1.35 bits per heavy atom. The summed E-state index contributed by atoms with van der Waals surface area (Å²) < 4.78 is 1.07. The molecule has 5 heteroatoms. The number of thiophene rings is 1. The number of hydrogen-bond donors (Lipinski definition) is 1. The molecule has 0 spiro atoms. The van der Waals surface area contributed by atoms with Gasteiger partial charge in [0.05, 0.1) is 6.42 Å². The van der Waals surface area contributed by atoms with Crippen molar-refractivity contribution in [3.8, 4) is 10.4 Å². The van der Waals surface area contributed by atoms with Gasteiger partial charge in [0.2, 0.25) is 0 Å². The number of carboxylic acids is 1. The highest BCUT2D eigenvalue weighted by Crippen LogP contribution is 2.30. The molecule has 0 radical (unpaired) electrons. The number of aliphatic carboxylic acids is 1. The summed E-state index contributed by atoms with van der Waals surface area (Å²) in [6, 6.07) is 12.5. The fourth-order valence-corrected chi connectivity index (χ4v) is 3.38. The molecule has 20 heavy (non-hydrogen) atoms. The van der Waals surface area contributed by atoms with Crippen LogP contribution in [0, 0.1) is 0 Å². The van der Waals surface area contributed by atoms with Crippen LogP contribution >= 0.6 is 27.3 Å². The van der Waals surface area contributed by atoms with E-state index in [2.05, 4.69) is 40.2 Å². The molecule has 0 amide bonds. The smallest absolute Gasteiger partial charge is 0.304 e. The van der Waals surface area contributed by atoms with E-state index in [-0.39, 0.29) is 6.42 Å². The topological polar surface area (TPSA) is 40.5 Å². The predicted molar refractivity (Wildman–Crippen MR) is 86.0 cm³/mol. The second-order valence-electron chi connectivity index (χ2n) is 4.66. The SMILES string of the molecule is CN(CCC(=O)O)Cc1ccc(-c2cccc(Br)c2)s1. The summed E-state index contributed by atoms with van der Waals surface area (Å²) in [5.74, 6) is -0.752. The number of nitrogens with zero attached hydrogens (tertiary/aromatic N) is 1. The second-order valence-corrected chi connectivity index (χ2v) is 6.74. The highest BCUT2D eigenvalue weighted by Gasteiger charge is 2.07. The van der Waals surface area contributed by atoms with E-state index in [9.17, 15) is 4.79 Å². The van der Waals surface area contributed by atoms with Gasteiger partial charge in [0.15, 0.2) is 0 Å². The van der Waals surface area contributed by atoms with E-state index in [1.54, 1.807) is 11.3 Å². The molecule has 1 heterocycles. The van der Waals surface area contributed by atoms with Crippen LogP contribution in [0.25, 0.3) is 10.4 Å². The Labute approximate surface area is 131 Å². The lowest BCUT2D eigenvalue weighted by atomic mass is 10.2. The van der Waals surface area contributed by atoms with Gasteiger partial charge in [-0.15, -0.1) is 11.3 Å². The van der Waals surface area contributed by atoms with Crippen LogP contribution in [-0.4, -0.2) is 29.6 Å². The molecule has 0 aliphatic carbocycles. The van der Waals surface area contributed by atoms with E-state index < -0.39 is 5.97 Å². The minimum Gasteiger partial charge on any atom is -0.481 e. The molecule has 0 unspecified atom stereocenters. The molecule has 0 atom stereocenters. The molecular weight excluding hydrogens is 338 g/mol. The number of halogens is 1. The van der Waals surface area contributed by atoms with Crippen LogP contribution < -0.4 is 0 Å². The Balaban J connectivity index is 2.00. The van der Waals surface area contributed by atoms with Crippen molar-refractivity contribution < 1.29 is 9.90 Å². The van der Waals surface area contributed by atoms with Crippen LogP contribution in [0.5, 0.6) is 0 Å². The number of rotatable bonds is 6. The summed E-state index contributed by atoms with van der Waals surface area (Å²) in [6.07, 6.45) is 0.181. The van der Waals surface area contributed by atoms with Gasteiger partial charge in [0, 0.05) is 27.3 Å². The highest BCUT2D eigenvalue weighted by atomic mass is 79.9. The van der Waals surface area contributed by atoms with Gasteiger partial charge < -0.3 is 10.0 Å². The van der Waals surface area contributed by atoms with Gasteiger partial charge in [-0.1, -0.05) is 28.1 Å². The summed E-state index contributed by atoms with van der Waals surface area (Å²) in [5.41, 5.74) is 1.20. The van der Waals surface area contributed by atoms with Crippen molar-refractivity contribution in [3.05, 3.63) is 45.7 Å². The second kappa shape index (κ2) is 7.02. The molecule has 2 aromatic rings. The zero-order chi connectivity index (χ0) is 14.5. The lowest BCUT2D eigenvalue weighted by Crippen LogP contribution is -2.20. The fraction of sp³-hybridized carbons (Fsp3) is 0.267. The number of benzene rings is 1. The quantitative estimate of drug-likeness (QED) is 0.850. The molecular formula is C15H16BrNO2S. The Morgan fingerprint density at radius 2 is 2.15 bits per heavy atom. The molecule has 2 rings (SSSR count). The molecule has 106 valence electrons. The van der Waals surface area contributed by atoms with Gasteiger partial charge in [-0.05, 0) is 36.9 Å². The van der Waals surface area contributed by atoms with Gasteiger partial charge in [0.25, 0.3) is 0 Å². The van der Waals surface area contributed by atoms with E-state index >= 15 is 0 Å². The minimum atomic E-state index is -0.752. The standard InChI is InChI=1S/C15H16BrNO2S/c1-17(8-7-15(18)19)10-13-5-6-14(20-13)11-3-2-4-12(16)9-11/h2-6,9H,7-8,10H2,1H3,(H,18,19). The highest BCUT2D eigenvalue weighted by molar-refractivity contribution is 9.10. The largest absolute Gasteiger partial charge is 0.481 e. The average molecular weight is 354 g/mol. The van der Waals surface area contributed by atoms with Gasteiger partial charge in [-0.25, -0.2) is 0 Å². The van der Waals surface area contributed by atoms with Crippen molar-refractivity contribution >= 4 is 33.2 Å². The first-order chi connectivity index (χ1) is 9.54. The molecule has 3 nitrogen and oxygen atoms in total. The molecule has 0 saturated carbocycles. The van der Waals surface area contributed by atoms with Crippen LogP contribution in [0.4, 0.5) is 0 Å². The van der Waals surface area contributed by atoms with Gasteiger partial charge in [-0.3, -0.25) is 4.79 Å². The van der Waals surface area contributed by atoms with Gasteiger partial charge in [-0.2, -0.15) is 0 Å². The minimum absolute atomic E-state index is 0.181. The third kappa shape index (κ3) is 4.44. The Bertz CT molecular complexity index is 597. The first-order valence-electron chi connectivity index (χ1n) is 6.29. The lowest BCUT2D eigenvalue weighted by Gasteiger charge is -2.13. The Morgan fingerprint density at radius 3 is 2.85 bits per heavy atom. The normalized spacial score (nSPS) is 10.9. The van der Waals surface area contributed by atoms with Crippen LogP contribution in [0.15, 0.2) is 40.9 Å². The zero-order valence-corrected chi connectivity index (χ0v) is 13.6. The third-order valence-electron chi connectivity index (χ3n) is 2.90. The van der Waals surface area contributed by atoms with Crippen LogP contribution in [0.2, 0.25) is 0 Å². The summed E-state index contributed by atoms with van der Waals surface area (Å²) in [5, 5.41) is 8.68. The Kier molecular flexibility index (Phi) is 5.34. The van der Waals surface area contributed by atoms with E-state index in [1.807, 2.05) is 24.1 Å². The summed E-state index contributed by atoms with van der Waals surface area (Å²) in [7, 11) is 1.95. The van der Waals surface area contributed by atoms with E-state index in [0.717, 1.165) is 11.0 Å². The van der Waals surface area contributed by atoms with Crippen molar-refractivity contribution in [3.63, 3.8) is 0 Å². The maximum absolute atomic E-state index is 10.5. The monoisotopic (exact) mass is 353 g/mol. The predicted octanol–water partition coefficient (Wildman–Crippen LogP) is 4.08. The molecule has 0 aliphatic heterocycles. The first kappa shape index (κ1) is 15.2. The third-order valence-corrected chi connectivity index (χ3v) is 4.52. The molecule has 1 aromatic carbocycles. The average Bonchev–Trinajstić information content (AvgIpc) is 2.85. The van der Waals surface area contributed by atoms with Gasteiger partial charge in [0.1, 0.15) is 0 Å². The molecule has 1 aromatic heterocycles. The van der Waals surface area contributed by atoms with E-state index in [0.29, 0.717) is 6.54 Å². The number of carbonyl (C=O) groups is 1. The molecule has 0 fully saturated rings. The van der Waals surface area contributed by atoms with Crippen molar-refractivity contribution in [2.24, 2.45) is 0 Å². The van der Waals surface area contributed by atoms with Crippen LogP contribution in [0.3, 0.4) is 0 Å². The first-order valence-corrected chi connectivity index (χ1v) is 7.90. The summed E-state index contributed by atoms with van der Waals surface area (Å²) in [4.78, 5) is 15.1.